The maximum Gasteiger partial charge on any atom is 0.163 e. The smallest absolute Gasteiger partial charge is 0.163 e. The molecule has 5 heteroatoms. The highest BCUT2D eigenvalue weighted by Crippen LogP contribution is 2.61. The van der Waals surface area contributed by atoms with Crippen molar-refractivity contribution in [1.82, 2.24) is 19.9 Å². The third-order valence-corrected chi connectivity index (χ3v) is 12.3. The van der Waals surface area contributed by atoms with Gasteiger partial charge in [0.15, 0.2) is 11.6 Å². The van der Waals surface area contributed by atoms with Crippen molar-refractivity contribution in [3.05, 3.63) is 66.5 Å². The summed E-state index contributed by atoms with van der Waals surface area (Å²) in [5, 5.41) is 0. The van der Waals surface area contributed by atoms with Crippen LogP contribution in [-0.2, 0) is 4.74 Å². The Morgan fingerprint density at radius 3 is 1.93 bits per heavy atom. The second-order valence-corrected chi connectivity index (χ2v) is 14.3. The molecule has 5 nitrogen and oxygen atoms in total. The Bertz CT molecular complexity index is 1360. The molecule has 4 saturated carbocycles. The van der Waals surface area contributed by atoms with Crippen LogP contribution < -0.4 is 0 Å². The van der Waals surface area contributed by atoms with E-state index in [9.17, 15) is 0 Å². The summed E-state index contributed by atoms with van der Waals surface area (Å²) in [6, 6.07) is 23.1. The Hall–Kier alpha value is -2.63. The maximum absolute atomic E-state index is 7.24. The molecule has 0 bridgehead atoms. The van der Waals surface area contributed by atoms with Crippen LogP contribution in [0.2, 0.25) is 0 Å². The molecule has 2 saturated heterocycles. The number of aromatic nitrogens is 3. The van der Waals surface area contributed by atoms with Gasteiger partial charge in [0.2, 0.25) is 0 Å². The first-order chi connectivity index (χ1) is 20.8. The molecule has 9 rings (SSSR count). The molecule has 0 amide bonds. The van der Waals surface area contributed by atoms with Crippen LogP contribution in [0.3, 0.4) is 0 Å². The van der Waals surface area contributed by atoms with Gasteiger partial charge in [0.05, 0.1) is 12.2 Å². The van der Waals surface area contributed by atoms with E-state index in [2.05, 4.69) is 65.6 Å². The lowest BCUT2D eigenvalue weighted by molar-refractivity contribution is -0.255. The first-order valence-corrected chi connectivity index (χ1v) is 17.1. The molecule has 1 aromatic heterocycles. The zero-order chi connectivity index (χ0) is 27.6. The minimum absolute atomic E-state index is 0.302. The Labute approximate surface area is 250 Å². The molecule has 10 unspecified atom stereocenters. The molecule has 2 aliphatic heterocycles. The van der Waals surface area contributed by atoms with Gasteiger partial charge in [-0.05, 0) is 68.6 Å². The fraction of sp³-hybridized carbons (Fsp3) is 0.595. The average molecular weight is 561 g/mol. The van der Waals surface area contributed by atoms with E-state index >= 15 is 0 Å². The van der Waals surface area contributed by atoms with E-state index in [4.69, 9.17) is 19.7 Å². The predicted octanol–water partition coefficient (Wildman–Crippen LogP) is 7.68. The summed E-state index contributed by atoms with van der Waals surface area (Å²) < 4.78 is 7.24. The lowest BCUT2D eigenvalue weighted by Gasteiger charge is -2.68. The molecule has 3 aromatic rings. The zero-order valence-electron chi connectivity index (χ0n) is 24.7. The van der Waals surface area contributed by atoms with E-state index in [0.29, 0.717) is 42.0 Å². The summed E-state index contributed by atoms with van der Waals surface area (Å²) >= 11 is 0. The van der Waals surface area contributed by atoms with E-state index in [-0.39, 0.29) is 0 Å². The number of ether oxygens (including phenoxy) is 1. The van der Waals surface area contributed by atoms with E-state index in [1.54, 1.807) is 0 Å². The van der Waals surface area contributed by atoms with Crippen LogP contribution in [0.1, 0.15) is 88.8 Å². The Morgan fingerprint density at radius 2 is 1.19 bits per heavy atom. The average Bonchev–Trinajstić information content (AvgIpc) is 3.07. The van der Waals surface area contributed by atoms with Crippen LogP contribution in [0.4, 0.5) is 0 Å². The van der Waals surface area contributed by atoms with Crippen molar-refractivity contribution >= 4 is 0 Å². The monoisotopic (exact) mass is 560 g/mol. The minimum atomic E-state index is 0.302. The molecule has 42 heavy (non-hydrogen) atoms. The molecule has 0 radical (unpaired) electrons. The molecule has 6 aliphatic rings. The molecule has 0 N–H and O–H groups in total. The van der Waals surface area contributed by atoms with Gasteiger partial charge in [0.1, 0.15) is 5.82 Å². The van der Waals surface area contributed by atoms with Crippen LogP contribution >= 0.6 is 0 Å². The van der Waals surface area contributed by atoms with Crippen LogP contribution in [-0.4, -0.2) is 50.2 Å². The van der Waals surface area contributed by atoms with Crippen LogP contribution in [0.25, 0.3) is 22.8 Å². The van der Waals surface area contributed by atoms with Gasteiger partial charge in [0, 0.05) is 35.2 Å². The molecule has 4 aliphatic carbocycles. The summed E-state index contributed by atoms with van der Waals surface area (Å²) in [6.07, 6.45) is 16.9. The number of morpholine rings is 1. The van der Waals surface area contributed by atoms with Gasteiger partial charge in [-0.25, -0.2) is 15.0 Å². The fourth-order valence-corrected chi connectivity index (χ4v) is 10.9. The van der Waals surface area contributed by atoms with Crippen molar-refractivity contribution in [1.29, 1.82) is 0 Å². The summed E-state index contributed by atoms with van der Waals surface area (Å²) in [5.74, 6) is 6.02. The minimum Gasteiger partial charge on any atom is -0.372 e. The molecular weight excluding hydrogens is 516 g/mol. The number of hydrogen-bond donors (Lipinski definition) is 0. The molecule has 0 spiro atoms. The highest BCUT2D eigenvalue weighted by atomic mass is 16.5. The second kappa shape index (κ2) is 10.5. The van der Waals surface area contributed by atoms with Gasteiger partial charge in [-0.2, -0.15) is 0 Å². The zero-order valence-corrected chi connectivity index (χ0v) is 24.7. The lowest BCUT2D eigenvalue weighted by atomic mass is 9.50. The molecule has 218 valence electrons. The topological polar surface area (TPSA) is 51.1 Å². The van der Waals surface area contributed by atoms with Gasteiger partial charge < -0.3 is 4.74 Å². The first-order valence-electron chi connectivity index (χ1n) is 17.1. The Morgan fingerprint density at radius 1 is 0.571 bits per heavy atom. The SMILES string of the molecule is c1ccc(-c2nc(-c3ccccc3)nc(C3CC4OC5CCCCC5N5C6CCCCC6C6CCCC3C6C45)n2)cc1. The normalized spacial score (nSPS) is 39.0. The fourth-order valence-electron chi connectivity index (χ4n) is 10.9. The third kappa shape index (κ3) is 4.13. The standard InChI is InChI=1S/C37H44N4O/c1-3-12-23(13-4-1)35-38-36(24-14-5-2-6-15-24)40-37(39-35)28-22-32-34-33-26(17-11-18-27(28)33)25-16-7-8-19-29(25)41(34)30-20-9-10-21-31(30)42-32/h1-6,12-15,25-34H,7-11,16-22H2. The van der Waals surface area contributed by atoms with Gasteiger partial charge in [0.25, 0.3) is 0 Å². The first kappa shape index (κ1) is 25.8. The van der Waals surface area contributed by atoms with Crippen molar-refractivity contribution in [3.8, 4) is 22.8 Å². The maximum atomic E-state index is 7.24. The van der Waals surface area contributed by atoms with Crippen LogP contribution in [0.15, 0.2) is 60.7 Å². The van der Waals surface area contributed by atoms with Gasteiger partial charge >= 0.3 is 0 Å². The van der Waals surface area contributed by atoms with Crippen molar-refractivity contribution < 1.29 is 4.74 Å². The summed E-state index contributed by atoms with van der Waals surface area (Å²) in [7, 11) is 0. The number of fused-ring (bicyclic) bond motifs is 5. The summed E-state index contributed by atoms with van der Waals surface area (Å²) in [4.78, 5) is 18.8. The van der Waals surface area contributed by atoms with Crippen molar-refractivity contribution in [3.63, 3.8) is 0 Å². The quantitative estimate of drug-likeness (QED) is 0.329. The van der Waals surface area contributed by atoms with Crippen molar-refractivity contribution in [2.45, 2.75) is 113 Å². The summed E-state index contributed by atoms with van der Waals surface area (Å²) in [5.41, 5.74) is 2.14. The second-order valence-electron chi connectivity index (χ2n) is 14.3. The van der Waals surface area contributed by atoms with Crippen molar-refractivity contribution in [2.24, 2.45) is 23.7 Å². The van der Waals surface area contributed by atoms with E-state index < -0.39 is 0 Å². The van der Waals surface area contributed by atoms with Crippen LogP contribution in [0.5, 0.6) is 0 Å². The lowest BCUT2D eigenvalue weighted by Crippen LogP contribution is -2.75. The van der Waals surface area contributed by atoms with Gasteiger partial charge in [-0.15, -0.1) is 0 Å². The predicted molar refractivity (Wildman–Crippen MR) is 165 cm³/mol. The van der Waals surface area contributed by atoms with E-state index in [1.165, 1.54) is 70.6 Å². The van der Waals surface area contributed by atoms with Gasteiger partial charge in [-0.3, -0.25) is 4.90 Å². The molecule has 3 heterocycles. The number of hydrogen-bond acceptors (Lipinski definition) is 5. The van der Waals surface area contributed by atoms with E-state index in [1.807, 2.05) is 0 Å². The Kier molecular flexibility index (Phi) is 6.47. The van der Waals surface area contributed by atoms with Crippen LogP contribution in [0, 0.1) is 23.7 Å². The van der Waals surface area contributed by atoms with Gasteiger partial charge in [-0.1, -0.05) is 92.8 Å². The van der Waals surface area contributed by atoms with E-state index in [0.717, 1.165) is 52.9 Å². The molecular formula is C37H44N4O. The van der Waals surface area contributed by atoms with Crippen molar-refractivity contribution in [2.75, 3.05) is 0 Å². The Balaban J connectivity index is 1.17. The number of benzene rings is 2. The number of rotatable bonds is 3. The number of nitrogens with zero attached hydrogens (tertiary/aromatic N) is 4. The highest BCUT2D eigenvalue weighted by Gasteiger charge is 2.63. The largest absolute Gasteiger partial charge is 0.372 e. The molecule has 10 atom stereocenters. The highest BCUT2D eigenvalue weighted by molar-refractivity contribution is 5.61. The summed E-state index contributed by atoms with van der Waals surface area (Å²) in [6.45, 7) is 0. The third-order valence-electron chi connectivity index (χ3n) is 12.3. The number of piperidine rings is 1. The molecule has 2 aromatic carbocycles. The molecule has 6 fully saturated rings.